The molecule has 1 aromatic carbocycles. The van der Waals surface area contributed by atoms with Crippen LogP contribution in [0.1, 0.15) is 0 Å². The van der Waals surface area contributed by atoms with Crippen LogP contribution in [0, 0.1) is 0 Å². The summed E-state index contributed by atoms with van der Waals surface area (Å²) in [7, 11) is 0. The van der Waals surface area contributed by atoms with Crippen LogP contribution in [0.25, 0.3) is 16.2 Å². The number of rotatable bonds is 1. The van der Waals surface area contributed by atoms with Crippen molar-refractivity contribution in [2.75, 3.05) is 5.73 Å². The largest absolute Gasteiger partial charge is 0.366 e. The Balaban J connectivity index is 2.30. The molecule has 0 radical (unpaired) electrons. The summed E-state index contributed by atoms with van der Waals surface area (Å²) in [5.74, 6) is 0.306. The van der Waals surface area contributed by atoms with E-state index in [2.05, 4.69) is 26.0 Å². The maximum absolute atomic E-state index is 5.57. The first kappa shape index (κ1) is 9.80. The van der Waals surface area contributed by atoms with Gasteiger partial charge in [-0.2, -0.15) is 4.98 Å². The third-order valence-corrected chi connectivity index (χ3v) is 3.76. The average molecular weight is 295 g/mol. The number of anilines is 1. The smallest absolute Gasteiger partial charge is 0.241 e. The van der Waals surface area contributed by atoms with Crippen molar-refractivity contribution in [1.29, 1.82) is 0 Å². The Bertz CT molecular complexity index is 658. The van der Waals surface area contributed by atoms with Crippen LogP contribution in [0.5, 0.6) is 0 Å². The SMILES string of the molecule is Nc1nc2scc(-c3ccccc3Br)n2n1. The van der Waals surface area contributed by atoms with Gasteiger partial charge in [-0.3, -0.25) is 0 Å². The van der Waals surface area contributed by atoms with E-state index in [0.29, 0.717) is 5.95 Å². The van der Waals surface area contributed by atoms with Gasteiger partial charge in [-0.25, -0.2) is 4.52 Å². The number of fused-ring (bicyclic) bond motifs is 1. The van der Waals surface area contributed by atoms with E-state index in [1.807, 2.05) is 29.6 Å². The molecule has 0 aliphatic heterocycles. The summed E-state index contributed by atoms with van der Waals surface area (Å²) in [5, 5.41) is 6.19. The highest BCUT2D eigenvalue weighted by Crippen LogP contribution is 2.30. The van der Waals surface area contributed by atoms with Gasteiger partial charge in [0.25, 0.3) is 0 Å². The van der Waals surface area contributed by atoms with E-state index in [1.165, 1.54) is 11.3 Å². The highest BCUT2D eigenvalue weighted by Gasteiger charge is 2.11. The van der Waals surface area contributed by atoms with Gasteiger partial charge >= 0.3 is 0 Å². The summed E-state index contributed by atoms with van der Waals surface area (Å²) in [6.45, 7) is 0. The minimum Gasteiger partial charge on any atom is -0.366 e. The minimum atomic E-state index is 0.306. The lowest BCUT2D eigenvalue weighted by molar-refractivity contribution is 0.992. The van der Waals surface area contributed by atoms with Gasteiger partial charge in [0.2, 0.25) is 10.9 Å². The molecule has 0 aliphatic rings. The normalized spacial score (nSPS) is 11.1. The first-order valence-electron chi connectivity index (χ1n) is 4.60. The first-order chi connectivity index (χ1) is 7.75. The number of halogens is 1. The van der Waals surface area contributed by atoms with Gasteiger partial charge < -0.3 is 5.73 Å². The summed E-state index contributed by atoms with van der Waals surface area (Å²) < 4.78 is 2.80. The van der Waals surface area contributed by atoms with Gasteiger partial charge in [-0.15, -0.1) is 16.4 Å². The monoisotopic (exact) mass is 294 g/mol. The Morgan fingerprint density at radius 1 is 1.31 bits per heavy atom. The lowest BCUT2D eigenvalue weighted by Gasteiger charge is -2.01. The van der Waals surface area contributed by atoms with E-state index in [0.717, 1.165) is 20.7 Å². The van der Waals surface area contributed by atoms with E-state index in [1.54, 1.807) is 4.52 Å². The van der Waals surface area contributed by atoms with Crippen LogP contribution in [0.2, 0.25) is 0 Å². The van der Waals surface area contributed by atoms with Gasteiger partial charge in [0.15, 0.2) is 0 Å². The van der Waals surface area contributed by atoms with Gasteiger partial charge in [0.05, 0.1) is 5.69 Å². The Labute approximate surface area is 104 Å². The maximum Gasteiger partial charge on any atom is 0.241 e. The summed E-state index contributed by atoms with van der Waals surface area (Å²) in [4.78, 5) is 4.93. The fourth-order valence-corrected chi connectivity index (χ4v) is 2.87. The van der Waals surface area contributed by atoms with E-state index < -0.39 is 0 Å². The molecule has 80 valence electrons. The number of nitrogens with zero attached hydrogens (tertiary/aromatic N) is 3. The molecule has 2 N–H and O–H groups in total. The molecular weight excluding hydrogens is 288 g/mol. The second-order valence-corrected chi connectivity index (χ2v) is 4.96. The predicted octanol–water partition coefficient (Wildman–Crippen LogP) is 2.80. The quantitative estimate of drug-likeness (QED) is 0.751. The van der Waals surface area contributed by atoms with E-state index >= 15 is 0 Å². The van der Waals surface area contributed by atoms with Crippen molar-refractivity contribution in [3.63, 3.8) is 0 Å². The standard InChI is InChI=1S/C10H7BrN4S/c11-7-4-2-1-3-6(7)8-5-16-10-13-9(12)14-15(8)10/h1-5H,(H2,12,14). The molecule has 3 aromatic rings. The van der Waals surface area contributed by atoms with Crippen molar-refractivity contribution in [2.24, 2.45) is 0 Å². The van der Waals surface area contributed by atoms with Crippen molar-refractivity contribution in [3.05, 3.63) is 34.1 Å². The first-order valence-corrected chi connectivity index (χ1v) is 6.27. The molecule has 16 heavy (non-hydrogen) atoms. The number of thiazole rings is 1. The summed E-state index contributed by atoms with van der Waals surface area (Å²) in [6, 6.07) is 8.00. The number of nitrogens with two attached hydrogens (primary N) is 1. The van der Waals surface area contributed by atoms with Crippen LogP contribution in [-0.4, -0.2) is 14.6 Å². The molecule has 2 heterocycles. The molecule has 0 amide bonds. The van der Waals surface area contributed by atoms with Crippen LogP contribution < -0.4 is 5.73 Å². The van der Waals surface area contributed by atoms with Crippen LogP contribution >= 0.6 is 27.3 Å². The third-order valence-electron chi connectivity index (χ3n) is 2.25. The van der Waals surface area contributed by atoms with Gasteiger partial charge in [0, 0.05) is 15.4 Å². The second kappa shape index (κ2) is 3.57. The van der Waals surface area contributed by atoms with E-state index in [9.17, 15) is 0 Å². The van der Waals surface area contributed by atoms with Crippen molar-refractivity contribution in [3.8, 4) is 11.3 Å². The van der Waals surface area contributed by atoms with Gasteiger partial charge in [-0.05, 0) is 6.07 Å². The maximum atomic E-state index is 5.57. The number of hydrogen-bond donors (Lipinski definition) is 1. The molecule has 0 bridgehead atoms. The molecule has 0 unspecified atom stereocenters. The van der Waals surface area contributed by atoms with Crippen LogP contribution in [0.15, 0.2) is 34.1 Å². The van der Waals surface area contributed by atoms with Crippen molar-refractivity contribution in [1.82, 2.24) is 14.6 Å². The zero-order valence-corrected chi connectivity index (χ0v) is 10.5. The lowest BCUT2D eigenvalue weighted by Crippen LogP contribution is -1.91. The molecule has 0 saturated carbocycles. The fourth-order valence-electron chi connectivity index (χ4n) is 1.55. The molecule has 0 atom stereocenters. The summed E-state index contributed by atoms with van der Waals surface area (Å²) in [5.41, 5.74) is 7.65. The lowest BCUT2D eigenvalue weighted by atomic mass is 10.2. The Morgan fingerprint density at radius 2 is 2.12 bits per heavy atom. The van der Waals surface area contributed by atoms with Crippen molar-refractivity contribution in [2.45, 2.75) is 0 Å². The van der Waals surface area contributed by atoms with Gasteiger partial charge in [-0.1, -0.05) is 34.1 Å². The second-order valence-electron chi connectivity index (χ2n) is 3.27. The molecule has 4 nitrogen and oxygen atoms in total. The fraction of sp³-hybridized carbons (Fsp3) is 0. The highest BCUT2D eigenvalue weighted by atomic mass is 79.9. The average Bonchev–Trinajstić information content (AvgIpc) is 2.78. The van der Waals surface area contributed by atoms with Crippen molar-refractivity contribution < 1.29 is 0 Å². The van der Waals surface area contributed by atoms with Gasteiger partial charge in [0.1, 0.15) is 0 Å². The molecule has 0 fully saturated rings. The van der Waals surface area contributed by atoms with Crippen LogP contribution in [-0.2, 0) is 0 Å². The van der Waals surface area contributed by atoms with Crippen molar-refractivity contribution >= 4 is 38.2 Å². The minimum absolute atomic E-state index is 0.306. The predicted molar refractivity (Wildman–Crippen MR) is 68.4 cm³/mol. The molecule has 0 saturated heterocycles. The zero-order valence-electron chi connectivity index (χ0n) is 8.09. The third kappa shape index (κ3) is 1.42. The summed E-state index contributed by atoms with van der Waals surface area (Å²) >= 11 is 5.05. The Kier molecular flexibility index (Phi) is 2.19. The zero-order chi connectivity index (χ0) is 11.1. The Morgan fingerprint density at radius 3 is 2.94 bits per heavy atom. The molecule has 0 spiro atoms. The van der Waals surface area contributed by atoms with Crippen LogP contribution in [0.3, 0.4) is 0 Å². The number of nitrogen functional groups attached to an aromatic ring is 1. The number of benzene rings is 1. The van der Waals surface area contributed by atoms with Crippen LogP contribution in [0.4, 0.5) is 5.95 Å². The number of hydrogen-bond acceptors (Lipinski definition) is 4. The Hall–Kier alpha value is -1.40. The topological polar surface area (TPSA) is 56.2 Å². The highest BCUT2D eigenvalue weighted by molar-refractivity contribution is 9.10. The number of aromatic nitrogens is 3. The van der Waals surface area contributed by atoms with E-state index in [4.69, 9.17) is 5.73 Å². The molecular formula is C10H7BrN4S. The summed E-state index contributed by atoms with van der Waals surface area (Å²) in [6.07, 6.45) is 0. The molecule has 0 aliphatic carbocycles. The molecule has 3 rings (SSSR count). The van der Waals surface area contributed by atoms with E-state index in [-0.39, 0.29) is 0 Å². The molecule has 6 heteroatoms. The molecule has 2 aromatic heterocycles.